The number of esters is 1. The Kier molecular flexibility index (Phi) is 6.55. The van der Waals surface area contributed by atoms with Crippen molar-refractivity contribution in [2.45, 2.75) is 33.3 Å². The minimum absolute atomic E-state index is 0.260. The number of ether oxygens (including phenoxy) is 1. The van der Waals surface area contributed by atoms with E-state index in [4.69, 9.17) is 23.5 Å². The lowest BCUT2D eigenvalue weighted by molar-refractivity contribution is -0.124. The third-order valence-corrected chi connectivity index (χ3v) is 6.10. The van der Waals surface area contributed by atoms with Crippen LogP contribution in [0.5, 0.6) is 0 Å². The van der Waals surface area contributed by atoms with E-state index in [1.807, 2.05) is 32.0 Å². The number of fused-ring (bicyclic) bond motifs is 1. The minimum Gasteiger partial charge on any atom is -0.463 e. The van der Waals surface area contributed by atoms with E-state index in [2.05, 4.69) is 5.32 Å². The number of anilines is 1. The molecule has 0 bridgehead atoms. The summed E-state index contributed by atoms with van der Waals surface area (Å²) < 4.78 is 16.7. The third-order valence-electron chi connectivity index (χ3n) is 6.10. The zero-order valence-corrected chi connectivity index (χ0v) is 20.6. The molecule has 37 heavy (non-hydrogen) atoms. The van der Waals surface area contributed by atoms with Crippen LogP contribution in [0.1, 0.15) is 34.8 Å². The molecule has 1 atom stereocenters. The van der Waals surface area contributed by atoms with Crippen molar-refractivity contribution < 1.29 is 23.2 Å². The summed E-state index contributed by atoms with van der Waals surface area (Å²) in [6, 6.07) is 17.6. The molecule has 186 valence electrons. The lowest BCUT2D eigenvalue weighted by atomic mass is 10.1. The number of aryl methyl sites for hydroxylation is 2. The number of aromatic nitrogens is 2. The van der Waals surface area contributed by atoms with Crippen LogP contribution in [0.3, 0.4) is 0 Å². The Balaban J connectivity index is 1.40. The molecule has 2 aromatic carbocycles. The molecule has 8 nitrogen and oxygen atoms in total. The van der Waals surface area contributed by atoms with Gasteiger partial charge in [0.25, 0.3) is 5.91 Å². The number of amides is 1. The van der Waals surface area contributed by atoms with Gasteiger partial charge in [-0.05, 0) is 86.0 Å². The van der Waals surface area contributed by atoms with Crippen LogP contribution in [0.2, 0.25) is 0 Å². The van der Waals surface area contributed by atoms with Crippen molar-refractivity contribution in [3.8, 4) is 22.9 Å². The van der Waals surface area contributed by atoms with Crippen molar-refractivity contribution in [3.05, 3.63) is 89.9 Å². The molecule has 0 fully saturated rings. The molecule has 0 saturated heterocycles. The fourth-order valence-electron chi connectivity index (χ4n) is 3.91. The average molecular weight is 496 g/mol. The smallest absolute Gasteiger partial charge is 0.338 e. The van der Waals surface area contributed by atoms with Gasteiger partial charge in [-0.2, -0.15) is 0 Å². The highest BCUT2D eigenvalue weighted by molar-refractivity contribution is 5.99. The van der Waals surface area contributed by atoms with E-state index in [1.54, 1.807) is 61.9 Å². The van der Waals surface area contributed by atoms with Crippen molar-refractivity contribution in [2.24, 2.45) is 0 Å². The van der Waals surface area contributed by atoms with Gasteiger partial charge >= 0.3 is 5.97 Å². The van der Waals surface area contributed by atoms with Crippen molar-refractivity contribution in [2.75, 3.05) is 5.32 Å². The van der Waals surface area contributed by atoms with Crippen LogP contribution in [0, 0.1) is 13.8 Å². The average Bonchev–Trinajstić information content (AvgIpc) is 3.63. The van der Waals surface area contributed by atoms with Crippen LogP contribution in [-0.2, 0) is 9.53 Å². The number of nitrogens with one attached hydrogen (secondary N) is 1. The van der Waals surface area contributed by atoms with Gasteiger partial charge in [-0.1, -0.05) is 13.0 Å². The predicted octanol–water partition coefficient (Wildman–Crippen LogP) is 6.34. The quantitative estimate of drug-likeness (QED) is 0.262. The molecule has 1 N–H and O–H groups in total. The number of carbonyl (C=O) groups is 2. The molecule has 5 rings (SSSR count). The molecular weight excluding hydrogens is 470 g/mol. The first-order valence-corrected chi connectivity index (χ1v) is 11.9. The molecule has 0 aliphatic heterocycles. The Morgan fingerprint density at radius 2 is 1.54 bits per heavy atom. The van der Waals surface area contributed by atoms with Gasteiger partial charge in [-0.25, -0.2) is 14.8 Å². The zero-order chi connectivity index (χ0) is 25.9. The zero-order valence-electron chi connectivity index (χ0n) is 20.6. The van der Waals surface area contributed by atoms with Crippen molar-refractivity contribution in [1.82, 2.24) is 9.97 Å². The van der Waals surface area contributed by atoms with Crippen molar-refractivity contribution in [3.63, 3.8) is 0 Å². The van der Waals surface area contributed by atoms with Crippen LogP contribution >= 0.6 is 0 Å². The standard InChI is InChI=1S/C29H25N3O5/c1-4-23(28(33)30-20-11-9-17(2)18(3)15-20)37-29(34)19-10-12-21-22(16-19)32-27(25-8-6-14-36-25)26(31-21)24-7-5-13-35-24/h5-16,23H,4H2,1-3H3,(H,30,33). The van der Waals surface area contributed by atoms with Crippen molar-refractivity contribution in [1.29, 1.82) is 0 Å². The molecule has 1 amide bonds. The fourth-order valence-corrected chi connectivity index (χ4v) is 3.91. The summed E-state index contributed by atoms with van der Waals surface area (Å²) >= 11 is 0. The lowest BCUT2D eigenvalue weighted by Gasteiger charge is -2.17. The van der Waals surface area contributed by atoms with E-state index >= 15 is 0 Å². The van der Waals surface area contributed by atoms with E-state index in [0.717, 1.165) is 11.1 Å². The molecule has 0 saturated carbocycles. The summed E-state index contributed by atoms with van der Waals surface area (Å²) in [4.78, 5) is 35.2. The second kappa shape index (κ2) is 10.1. The molecular formula is C29H25N3O5. The Bertz CT molecular complexity index is 1570. The molecule has 0 radical (unpaired) electrons. The topological polar surface area (TPSA) is 107 Å². The first-order chi connectivity index (χ1) is 17.9. The van der Waals surface area contributed by atoms with E-state index in [0.29, 0.717) is 46.0 Å². The normalized spacial score (nSPS) is 11.9. The van der Waals surface area contributed by atoms with Crippen LogP contribution in [0.4, 0.5) is 5.69 Å². The van der Waals surface area contributed by atoms with Crippen LogP contribution in [-0.4, -0.2) is 27.9 Å². The second-order valence-corrected chi connectivity index (χ2v) is 8.67. The number of carbonyl (C=O) groups excluding carboxylic acids is 2. The summed E-state index contributed by atoms with van der Waals surface area (Å²) in [6.45, 7) is 5.76. The first kappa shape index (κ1) is 24.0. The maximum atomic E-state index is 13.0. The fraction of sp³-hybridized carbons (Fsp3) is 0.172. The van der Waals surface area contributed by atoms with Gasteiger partial charge in [-0.3, -0.25) is 4.79 Å². The van der Waals surface area contributed by atoms with E-state index in [-0.39, 0.29) is 11.5 Å². The van der Waals surface area contributed by atoms with Gasteiger partial charge in [0.15, 0.2) is 17.6 Å². The van der Waals surface area contributed by atoms with Crippen LogP contribution < -0.4 is 5.32 Å². The van der Waals surface area contributed by atoms with Gasteiger partial charge < -0.3 is 18.9 Å². The van der Waals surface area contributed by atoms with Crippen LogP contribution in [0.25, 0.3) is 33.9 Å². The molecule has 0 aliphatic carbocycles. The monoisotopic (exact) mass is 495 g/mol. The second-order valence-electron chi connectivity index (χ2n) is 8.67. The highest BCUT2D eigenvalue weighted by Gasteiger charge is 2.23. The SMILES string of the molecule is CCC(OC(=O)c1ccc2nc(-c3ccco3)c(-c3ccco3)nc2c1)C(=O)Nc1ccc(C)c(C)c1. The van der Waals surface area contributed by atoms with Gasteiger partial charge in [0.1, 0.15) is 11.4 Å². The number of hydrogen-bond acceptors (Lipinski definition) is 7. The Morgan fingerprint density at radius 1 is 0.865 bits per heavy atom. The molecule has 5 aromatic rings. The summed E-state index contributed by atoms with van der Waals surface area (Å²) in [5, 5.41) is 2.83. The minimum atomic E-state index is -0.948. The number of hydrogen-bond donors (Lipinski definition) is 1. The van der Waals surface area contributed by atoms with Gasteiger partial charge in [0, 0.05) is 5.69 Å². The Hall–Kier alpha value is -4.72. The molecule has 0 spiro atoms. The van der Waals surface area contributed by atoms with Crippen LogP contribution in [0.15, 0.2) is 82.0 Å². The third kappa shape index (κ3) is 4.99. The van der Waals surface area contributed by atoms with E-state index < -0.39 is 12.1 Å². The van der Waals surface area contributed by atoms with Gasteiger partial charge in [0.2, 0.25) is 0 Å². The maximum absolute atomic E-state index is 13.0. The predicted molar refractivity (Wildman–Crippen MR) is 139 cm³/mol. The molecule has 3 heterocycles. The highest BCUT2D eigenvalue weighted by atomic mass is 16.5. The van der Waals surface area contributed by atoms with Gasteiger partial charge in [-0.15, -0.1) is 0 Å². The van der Waals surface area contributed by atoms with E-state index in [1.165, 1.54) is 0 Å². The summed E-state index contributed by atoms with van der Waals surface area (Å²) in [5.41, 5.74) is 5.15. The maximum Gasteiger partial charge on any atom is 0.338 e. The van der Waals surface area contributed by atoms with E-state index in [9.17, 15) is 9.59 Å². The molecule has 1 unspecified atom stereocenters. The number of rotatable bonds is 7. The van der Waals surface area contributed by atoms with Crippen molar-refractivity contribution >= 4 is 28.6 Å². The molecule has 8 heteroatoms. The lowest BCUT2D eigenvalue weighted by Crippen LogP contribution is -2.32. The Morgan fingerprint density at radius 3 is 2.14 bits per heavy atom. The first-order valence-electron chi connectivity index (χ1n) is 11.9. The van der Waals surface area contributed by atoms with Gasteiger partial charge in [0.05, 0.1) is 29.1 Å². The summed E-state index contributed by atoms with van der Waals surface area (Å²) in [6.07, 6.45) is 2.49. The summed E-state index contributed by atoms with van der Waals surface area (Å²) in [7, 11) is 0. The molecule has 3 aromatic heterocycles. The number of nitrogens with zero attached hydrogens (tertiary/aromatic N) is 2. The molecule has 0 aliphatic rings. The highest BCUT2D eigenvalue weighted by Crippen LogP contribution is 2.31. The number of benzene rings is 2. The summed E-state index contributed by atoms with van der Waals surface area (Å²) in [5.74, 6) is 0.0519. The number of furan rings is 2. The largest absolute Gasteiger partial charge is 0.463 e. The Labute approximate surface area is 213 Å².